The van der Waals surface area contributed by atoms with Crippen molar-refractivity contribution in [2.24, 2.45) is 0 Å². The summed E-state index contributed by atoms with van der Waals surface area (Å²) in [6.07, 6.45) is 2.58. The number of halogens is 1. The van der Waals surface area contributed by atoms with Gasteiger partial charge in [0.1, 0.15) is 10.8 Å². The van der Waals surface area contributed by atoms with Gasteiger partial charge in [-0.3, -0.25) is 0 Å². The van der Waals surface area contributed by atoms with E-state index in [1.165, 1.54) is 18.5 Å². The molecule has 0 N–H and O–H groups in total. The Kier molecular flexibility index (Phi) is 2.44. The highest BCUT2D eigenvalue weighted by atomic mass is 35.5. The van der Waals surface area contributed by atoms with Gasteiger partial charge in [-0.2, -0.15) is 0 Å². The van der Waals surface area contributed by atoms with Crippen LogP contribution < -0.4 is 0 Å². The first-order chi connectivity index (χ1) is 7.72. The Hall–Kier alpha value is -0.940. The van der Waals surface area contributed by atoms with Crippen molar-refractivity contribution < 1.29 is 0 Å². The van der Waals surface area contributed by atoms with E-state index in [2.05, 4.69) is 20.4 Å². The average Bonchev–Trinajstić information content (AvgIpc) is 2.91. The van der Waals surface area contributed by atoms with E-state index in [9.17, 15) is 0 Å². The second kappa shape index (κ2) is 3.82. The smallest absolute Gasteiger partial charge is 0.242 e. The molecule has 4 nitrogen and oxygen atoms in total. The number of aromatic nitrogens is 4. The predicted octanol–water partition coefficient (Wildman–Crippen LogP) is 2.62. The lowest BCUT2D eigenvalue weighted by atomic mass is 10.3. The van der Waals surface area contributed by atoms with Crippen LogP contribution in [0.5, 0.6) is 0 Å². The van der Waals surface area contributed by atoms with Crippen LogP contribution in [0, 0.1) is 6.92 Å². The Bertz CT molecular complexity index is 515. The van der Waals surface area contributed by atoms with Gasteiger partial charge in [0, 0.05) is 11.3 Å². The SMILES string of the molecule is Cc1nc(Cl)nn1Cc1nc(C2CC2)cs1. The largest absolute Gasteiger partial charge is 0.244 e. The monoisotopic (exact) mass is 254 g/mol. The number of nitrogens with zero attached hydrogens (tertiary/aromatic N) is 4. The molecule has 0 spiro atoms. The maximum Gasteiger partial charge on any atom is 0.242 e. The van der Waals surface area contributed by atoms with Gasteiger partial charge >= 0.3 is 0 Å². The van der Waals surface area contributed by atoms with E-state index in [-0.39, 0.29) is 0 Å². The van der Waals surface area contributed by atoms with Gasteiger partial charge in [0.05, 0.1) is 12.2 Å². The van der Waals surface area contributed by atoms with Gasteiger partial charge in [-0.05, 0) is 31.4 Å². The van der Waals surface area contributed by atoms with Crippen LogP contribution in [-0.4, -0.2) is 19.7 Å². The minimum absolute atomic E-state index is 0.302. The summed E-state index contributed by atoms with van der Waals surface area (Å²) in [7, 11) is 0. The number of rotatable bonds is 3. The summed E-state index contributed by atoms with van der Waals surface area (Å²) in [6, 6.07) is 0. The summed E-state index contributed by atoms with van der Waals surface area (Å²) < 4.78 is 1.79. The van der Waals surface area contributed by atoms with Gasteiger partial charge in [-0.25, -0.2) is 14.6 Å². The fraction of sp³-hybridized carbons (Fsp3) is 0.500. The van der Waals surface area contributed by atoms with E-state index in [4.69, 9.17) is 11.6 Å². The summed E-state index contributed by atoms with van der Waals surface area (Å²) in [5, 5.41) is 7.64. The summed E-state index contributed by atoms with van der Waals surface area (Å²) in [5.41, 5.74) is 1.24. The zero-order valence-corrected chi connectivity index (χ0v) is 10.4. The zero-order valence-electron chi connectivity index (χ0n) is 8.85. The third kappa shape index (κ3) is 1.97. The number of thiazole rings is 1. The molecule has 16 heavy (non-hydrogen) atoms. The molecule has 0 radical (unpaired) electrons. The zero-order chi connectivity index (χ0) is 11.1. The molecule has 1 saturated carbocycles. The molecule has 84 valence electrons. The summed E-state index contributed by atoms with van der Waals surface area (Å²) in [5.74, 6) is 1.54. The predicted molar refractivity (Wildman–Crippen MR) is 63.0 cm³/mol. The molecule has 2 aromatic heterocycles. The van der Waals surface area contributed by atoms with Crippen LogP contribution >= 0.6 is 22.9 Å². The molecule has 0 atom stereocenters. The van der Waals surface area contributed by atoms with Gasteiger partial charge in [-0.1, -0.05) is 0 Å². The second-order valence-electron chi connectivity index (χ2n) is 4.03. The molecule has 6 heteroatoms. The fourth-order valence-electron chi connectivity index (χ4n) is 1.63. The maximum atomic E-state index is 5.74. The highest BCUT2D eigenvalue weighted by Gasteiger charge is 2.26. The Morgan fingerprint density at radius 3 is 2.94 bits per heavy atom. The van der Waals surface area contributed by atoms with Crippen molar-refractivity contribution in [1.29, 1.82) is 0 Å². The fourth-order valence-corrected chi connectivity index (χ4v) is 2.70. The van der Waals surface area contributed by atoms with Crippen molar-refractivity contribution in [3.63, 3.8) is 0 Å². The van der Waals surface area contributed by atoms with E-state index in [1.54, 1.807) is 16.0 Å². The van der Waals surface area contributed by atoms with E-state index in [0.717, 1.165) is 10.8 Å². The Morgan fingerprint density at radius 1 is 1.50 bits per heavy atom. The topological polar surface area (TPSA) is 43.6 Å². The Labute approximate surface area is 102 Å². The van der Waals surface area contributed by atoms with Crippen molar-refractivity contribution in [2.45, 2.75) is 32.2 Å². The molecule has 0 unspecified atom stereocenters. The van der Waals surface area contributed by atoms with Crippen molar-refractivity contribution in [2.75, 3.05) is 0 Å². The normalized spacial score (nSPS) is 15.6. The van der Waals surface area contributed by atoms with Gasteiger partial charge in [0.15, 0.2) is 0 Å². The molecule has 0 bridgehead atoms. The van der Waals surface area contributed by atoms with Gasteiger partial charge in [0.2, 0.25) is 5.28 Å². The number of hydrogen-bond donors (Lipinski definition) is 0. The van der Waals surface area contributed by atoms with Crippen LogP contribution in [0.2, 0.25) is 5.28 Å². The summed E-state index contributed by atoms with van der Waals surface area (Å²) in [4.78, 5) is 8.66. The highest BCUT2D eigenvalue weighted by Crippen LogP contribution is 2.40. The van der Waals surface area contributed by atoms with Crippen LogP contribution in [0.3, 0.4) is 0 Å². The molecule has 1 aliphatic carbocycles. The minimum Gasteiger partial charge on any atom is -0.244 e. The van der Waals surface area contributed by atoms with Gasteiger partial charge < -0.3 is 0 Å². The standard InChI is InChI=1S/C10H11ClN4S/c1-6-12-10(11)14-15(6)4-9-13-8(5-16-9)7-2-3-7/h5,7H,2-4H2,1H3. The molecular weight excluding hydrogens is 244 g/mol. The molecule has 2 aromatic rings. The summed E-state index contributed by atoms with van der Waals surface area (Å²) in [6.45, 7) is 2.57. The van der Waals surface area contributed by atoms with E-state index in [1.807, 2.05) is 6.92 Å². The number of aryl methyl sites for hydroxylation is 1. The van der Waals surface area contributed by atoms with Crippen molar-refractivity contribution in [3.05, 3.63) is 27.2 Å². The van der Waals surface area contributed by atoms with Crippen molar-refractivity contribution in [1.82, 2.24) is 19.7 Å². The Balaban J connectivity index is 1.79. The lowest BCUT2D eigenvalue weighted by Crippen LogP contribution is -2.03. The van der Waals surface area contributed by atoms with Gasteiger partial charge in [-0.15, -0.1) is 16.4 Å². The molecule has 0 aliphatic heterocycles. The van der Waals surface area contributed by atoms with E-state index < -0.39 is 0 Å². The molecule has 3 rings (SSSR count). The van der Waals surface area contributed by atoms with Crippen LogP contribution in [0.4, 0.5) is 0 Å². The van der Waals surface area contributed by atoms with Crippen LogP contribution in [-0.2, 0) is 6.54 Å². The highest BCUT2D eigenvalue weighted by molar-refractivity contribution is 7.09. The lowest BCUT2D eigenvalue weighted by molar-refractivity contribution is 0.656. The molecule has 1 aliphatic rings. The second-order valence-corrected chi connectivity index (χ2v) is 5.31. The third-order valence-electron chi connectivity index (χ3n) is 2.68. The first-order valence-corrected chi connectivity index (χ1v) is 6.49. The number of hydrogen-bond acceptors (Lipinski definition) is 4. The van der Waals surface area contributed by atoms with Gasteiger partial charge in [0.25, 0.3) is 0 Å². The van der Waals surface area contributed by atoms with Crippen LogP contribution in [0.15, 0.2) is 5.38 Å². The molecule has 0 saturated heterocycles. The van der Waals surface area contributed by atoms with E-state index >= 15 is 0 Å². The molecular formula is C10H11ClN4S. The maximum absolute atomic E-state index is 5.74. The molecule has 2 heterocycles. The molecule has 0 amide bonds. The first kappa shape index (κ1) is 10.2. The van der Waals surface area contributed by atoms with E-state index in [0.29, 0.717) is 17.7 Å². The van der Waals surface area contributed by atoms with Crippen molar-refractivity contribution in [3.8, 4) is 0 Å². The first-order valence-electron chi connectivity index (χ1n) is 5.23. The minimum atomic E-state index is 0.302. The quantitative estimate of drug-likeness (QED) is 0.846. The average molecular weight is 255 g/mol. The van der Waals surface area contributed by atoms with Crippen LogP contribution in [0.1, 0.15) is 35.3 Å². The Morgan fingerprint density at radius 2 is 2.31 bits per heavy atom. The third-order valence-corrected chi connectivity index (χ3v) is 3.69. The van der Waals surface area contributed by atoms with Crippen molar-refractivity contribution >= 4 is 22.9 Å². The molecule has 0 aromatic carbocycles. The lowest BCUT2D eigenvalue weighted by Gasteiger charge is -1.98. The molecule has 1 fully saturated rings. The van der Waals surface area contributed by atoms with Crippen LogP contribution in [0.25, 0.3) is 0 Å². The summed E-state index contributed by atoms with van der Waals surface area (Å²) >= 11 is 7.43.